The number of hydrogen-bond acceptors (Lipinski definition) is 6. The number of anilines is 3. The largest absolute Gasteiger partial charge is 0.351 e. The molecule has 3 amide bonds. The van der Waals surface area contributed by atoms with Gasteiger partial charge >= 0.3 is 6.03 Å². The second kappa shape index (κ2) is 8.90. The highest BCUT2D eigenvalue weighted by molar-refractivity contribution is 6.03. The Bertz CT molecular complexity index is 910. The molecule has 0 spiro atoms. The van der Waals surface area contributed by atoms with E-state index in [-0.39, 0.29) is 54.9 Å². The van der Waals surface area contributed by atoms with Crippen LogP contribution < -0.4 is 26.2 Å². The Morgan fingerprint density at radius 3 is 2.39 bits per heavy atom. The van der Waals surface area contributed by atoms with Crippen molar-refractivity contribution >= 4 is 29.4 Å². The summed E-state index contributed by atoms with van der Waals surface area (Å²) in [5.74, 6) is -1.35. The average molecular weight is 466 g/mol. The summed E-state index contributed by atoms with van der Waals surface area (Å²) in [7, 11) is 1.87. The fourth-order valence-electron chi connectivity index (χ4n) is 4.91. The third-order valence-electron chi connectivity index (χ3n) is 6.83. The molecule has 1 unspecified atom stereocenters. The quantitative estimate of drug-likeness (QED) is 0.532. The number of aryl methyl sites for hydroxylation is 1. The number of aromatic nitrogens is 2. The number of hydrogen-bond donors (Lipinski definition) is 4. The molecule has 0 aromatic carbocycles. The van der Waals surface area contributed by atoms with E-state index in [1.807, 2.05) is 32.7 Å². The van der Waals surface area contributed by atoms with Crippen LogP contribution in [0.2, 0.25) is 0 Å². The number of nitrogens with zero attached hydrogens (tertiary/aromatic N) is 3. The standard InChI is InChI=1S/C22H33F2N7O2/c1-11(2)17-19(32)29-16-12(3)25-20(30-18(16)31(17)4)26-14-9-15(10-14)28-21(33)27-13-5-7-22(23,24)8-6-13/h11,13-15,17H,5-10H2,1-4H3,(H,29,32)(H,25,26,30)(H2,27,28,33)/t14-,15-,17?. The number of fused-ring (bicyclic) bond motifs is 1. The molecule has 9 nitrogen and oxygen atoms in total. The number of halogens is 2. The van der Waals surface area contributed by atoms with Gasteiger partial charge in [0.1, 0.15) is 11.7 Å². The van der Waals surface area contributed by atoms with Gasteiger partial charge in [0.25, 0.3) is 0 Å². The van der Waals surface area contributed by atoms with Crippen LogP contribution in [0.3, 0.4) is 0 Å². The number of alkyl halides is 2. The molecule has 0 saturated heterocycles. The van der Waals surface area contributed by atoms with Crippen molar-refractivity contribution in [3.63, 3.8) is 0 Å². The third-order valence-corrected chi connectivity index (χ3v) is 6.83. The molecule has 3 aliphatic rings. The summed E-state index contributed by atoms with van der Waals surface area (Å²) < 4.78 is 26.5. The zero-order valence-corrected chi connectivity index (χ0v) is 19.5. The molecule has 0 bridgehead atoms. The number of rotatable bonds is 5. The molecule has 1 aromatic heterocycles. The normalized spacial score (nSPS) is 26.8. The van der Waals surface area contributed by atoms with Gasteiger partial charge in [0.2, 0.25) is 17.8 Å². The second-order valence-electron chi connectivity index (χ2n) is 9.88. The molecule has 2 aliphatic carbocycles. The van der Waals surface area contributed by atoms with Crippen molar-refractivity contribution in [3.05, 3.63) is 5.69 Å². The van der Waals surface area contributed by atoms with Crippen LogP contribution in [0.1, 0.15) is 58.1 Å². The van der Waals surface area contributed by atoms with Crippen LogP contribution in [-0.2, 0) is 4.79 Å². The lowest BCUT2D eigenvalue weighted by atomic mass is 9.87. The van der Waals surface area contributed by atoms with Gasteiger partial charge in [0.05, 0.1) is 5.69 Å². The topological polar surface area (TPSA) is 111 Å². The Balaban J connectivity index is 1.28. The van der Waals surface area contributed by atoms with Crippen molar-refractivity contribution in [2.45, 2.75) is 89.4 Å². The number of amides is 3. The molecule has 11 heteroatoms. The Morgan fingerprint density at radius 1 is 1.12 bits per heavy atom. The maximum atomic E-state index is 13.3. The van der Waals surface area contributed by atoms with Crippen molar-refractivity contribution < 1.29 is 18.4 Å². The van der Waals surface area contributed by atoms with E-state index in [1.54, 1.807) is 0 Å². The summed E-state index contributed by atoms with van der Waals surface area (Å²) in [6, 6.07) is -0.667. The van der Waals surface area contributed by atoms with Gasteiger partial charge in [0.15, 0.2) is 5.82 Å². The molecular weight excluding hydrogens is 432 g/mol. The van der Waals surface area contributed by atoms with Crippen LogP contribution in [-0.4, -0.2) is 59.0 Å². The summed E-state index contributed by atoms with van der Waals surface area (Å²) in [6.45, 7) is 5.84. The van der Waals surface area contributed by atoms with E-state index in [9.17, 15) is 18.4 Å². The average Bonchev–Trinajstić information content (AvgIpc) is 2.69. The van der Waals surface area contributed by atoms with E-state index >= 15 is 0 Å². The first kappa shape index (κ1) is 23.4. The molecule has 1 aliphatic heterocycles. The van der Waals surface area contributed by atoms with Crippen LogP contribution in [0.4, 0.5) is 31.0 Å². The van der Waals surface area contributed by atoms with Gasteiger partial charge in [-0.3, -0.25) is 4.79 Å². The SMILES string of the molecule is Cc1nc(N[C@H]2C[C@H](NC(=O)NC3CCC(F)(F)CC3)C2)nc2c1NC(=O)C(C(C)C)N2C. The van der Waals surface area contributed by atoms with Gasteiger partial charge in [-0.15, -0.1) is 0 Å². The molecule has 0 radical (unpaired) electrons. The van der Waals surface area contributed by atoms with Crippen molar-refractivity contribution in [1.29, 1.82) is 0 Å². The zero-order valence-electron chi connectivity index (χ0n) is 19.5. The van der Waals surface area contributed by atoms with Gasteiger partial charge in [-0.1, -0.05) is 13.8 Å². The summed E-state index contributed by atoms with van der Waals surface area (Å²) in [6.07, 6.45) is 1.69. The molecule has 2 saturated carbocycles. The monoisotopic (exact) mass is 465 g/mol. The zero-order chi connectivity index (χ0) is 23.9. The molecule has 1 atom stereocenters. The third kappa shape index (κ3) is 5.11. The van der Waals surface area contributed by atoms with E-state index in [0.29, 0.717) is 36.0 Å². The summed E-state index contributed by atoms with van der Waals surface area (Å²) in [4.78, 5) is 35.7. The molecular formula is C22H33F2N7O2. The first-order valence-corrected chi connectivity index (χ1v) is 11.7. The maximum absolute atomic E-state index is 13.3. The van der Waals surface area contributed by atoms with Gasteiger partial charge < -0.3 is 26.2 Å². The van der Waals surface area contributed by atoms with E-state index in [4.69, 9.17) is 0 Å². The Morgan fingerprint density at radius 2 is 1.76 bits per heavy atom. The van der Waals surface area contributed by atoms with Gasteiger partial charge in [-0.2, -0.15) is 4.98 Å². The lowest BCUT2D eigenvalue weighted by molar-refractivity contribution is -0.118. The molecule has 182 valence electrons. The highest BCUT2D eigenvalue weighted by Gasteiger charge is 2.38. The van der Waals surface area contributed by atoms with Crippen LogP contribution in [0.15, 0.2) is 0 Å². The van der Waals surface area contributed by atoms with Crippen molar-refractivity contribution in [2.24, 2.45) is 5.92 Å². The molecule has 4 N–H and O–H groups in total. The van der Waals surface area contributed by atoms with Crippen molar-refractivity contribution in [1.82, 2.24) is 20.6 Å². The molecule has 2 heterocycles. The minimum atomic E-state index is -2.60. The predicted molar refractivity (Wildman–Crippen MR) is 122 cm³/mol. The van der Waals surface area contributed by atoms with E-state index in [2.05, 4.69) is 31.2 Å². The summed E-state index contributed by atoms with van der Waals surface area (Å²) >= 11 is 0. The van der Waals surface area contributed by atoms with Crippen LogP contribution >= 0.6 is 0 Å². The Hall–Kier alpha value is -2.72. The highest BCUT2D eigenvalue weighted by Crippen LogP contribution is 2.35. The number of likely N-dealkylation sites (N-methyl/N-ethyl adjacent to an activating group) is 1. The van der Waals surface area contributed by atoms with E-state index in [1.165, 1.54) is 0 Å². The number of nitrogens with one attached hydrogen (secondary N) is 4. The van der Waals surface area contributed by atoms with Crippen molar-refractivity contribution in [2.75, 3.05) is 22.6 Å². The molecule has 33 heavy (non-hydrogen) atoms. The maximum Gasteiger partial charge on any atom is 0.315 e. The lowest BCUT2D eigenvalue weighted by Crippen LogP contribution is -2.54. The predicted octanol–water partition coefficient (Wildman–Crippen LogP) is 3.02. The fourth-order valence-corrected chi connectivity index (χ4v) is 4.91. The smallest absolute Gasteiger partial charge is 0.315 e. The highest BCUT2D eigenvalue weighted by atomic mass is 19.3. The summed E-state index contributed by atoms with van der Waals surface area (Å²) in [5.41, 5.74) is 1.33. The summed E-state index contributed by atoms with van der Waals surface area (Å²) in [5, 5.41) is 12.0. The van der Waals surface area contributed by atoms with Gasteiger partial charge in [-0.05, 0) is 38.5 Å². The van der Waals surface area contributed by atoms with Gasteiger partial charge in [0, 0.05) is 38.0 Å². The number of urea groups is 1. The van der Waals surface area contributed by atoms with Crippen molar-refractivity contribution in [3.8, 4) is 0 Å². The van der Waals surface area contributed by atoms with Gasteiger partial charge in [-0.25, -0.2) is 18.6 Å². The fraction of sp³-hybridized carbons (Fsp3) is 0.727. The second-order valence-corrected chi connectivity index (χ2v) is 9.88. The molecule has 2 fully saturated rings. The molecule has 4 rings (SSSR count). The minimum absolute atomic E-state index is 0.0125. The van der Waals surface area contributed by atoms with E-state index in [0.717, 1.165) is 12.8 Å². The van der Waals surface area contributed by atoms with Crippen LogP contribution in [0.5, 0.6) is 0 Å². The van der Waals surface area contributed by atoms with Crippen LogP contribution in [0.25, 0.3) is 0 Å². The molecule has 1 aromatic rings. The van der Waals surface area contributed by atoms with Crippen LogP contribution in [0, 0.1) is 12.8 Å². The van der Waals surface area contributed by atoms with E-state index < -0.39 is 5.92 Å². The first-order chi connectivity index (χ1) is 15.5. The Labute approximate surface area is 192 Å². The lowest BCUT2D eigenvalue weighted by Gasteiger charge is -2.38. The number of carbonyl (C=O) groups excluding carboxylic acids is 2. The Kier molecular flexibility index (Phi) is 6.32. The first-order valence-electron chi connectivity index (χ1n) is 11.7. The minimum Gasteiger partial charge on any atom is -0.351 e. The number of carbonyl (C=O) groups is 2.